The molecule has 3 nitrogen and oxygen atoms in total. The first kappa shape index (κ1) is 13.0. The number of carbonyl (C=O) groups is 1. The van der Waals surface area contributed by atoms with Crippen LogP contribution >= 0.6 is 0 Å². The number of rotatable bonds is 2. The first-order chi connectivity index (χ1) is 9.19. The van der Waals surface area contributed by atoms with Crippen LogP contribution in [-0.4, -0.2) is 17.7 Å². The molecule has 0 saturated heterocycles. The Morgan fingerprint density at radius 1 is 1.21 bits per heavy atom. The fourth-order valence-corrected chi connectivity index (χ4v) is 1.74. The average Bonchev–Trinajstić information content (AvgIpc) is 2.39. The molecule has 0 amide bonds. The first-order valence-electron chi connectivity index (χ1n) is 6.06. The van der Waals surface area contributed by atoms with Gasteiger partial charge in [0.1, 0.15) is 12.2 Å². The zero-order chi connectivity index (χ0) is 13.7. The van der Waals surface area contributed by atoms with Crippen LogP contribution in [0.3, 0.4) is 0 Å². The number of carbonyl (C=O) groups excluding carboxylic acids is 1. The van der Waals surface area contributed by atoms with Crippen molar-refractivity contribution in [2.75, 3.05) is 6.61 Å². The zero-order valence-electron chi connectivity index (χ0n) is 10.6. The normalized spacial score (nSPS) is 9.74. The van der Waals surface area contributed by atoms with Gasteiger partial charge in [-0.2, -0.15) is 0 Å². The molecule has 0 unspecified atom stereocenters. The van der Waals surface area contributed by atoms with E-state index < -0.39 is 0 Å². The fourth-order valence-electron chi connectivity index (χ4n) is 1.74. The van der Waals surface area contributed by atoms with Crippen molar-refractivity contribution in [2.24, 2.45) is 0 Å². The van der Waals surface area contributed by atoms with E-state index in [1.807, 2.05) is 24.3 Å². The Labute approximate surface area is 111 Å². The Balaban J connectivity index is 2.16. The third-order valence-corrected chi connectivity index (χ3v) is 2.59. The summed E-state index contributed by atoms with van der Waals surface area (Å²) in [6, 6.07) is 10.8. The highest BCUT2D eigenvalue weighted by Crippen LogP contribution is 2.20. The lowest BCUT2D eigenvalue weighted by Crippen LogP contribution is -2.01. The molecule has 1 N–H and O–H groups in total. The smallest absolute Gasteiger partial charge is 0.317 e. The average molecular weight is 254 g/mol. The summed E-state index contributed by atoms with van der Waals surface area (Å²) >= 11 is 0. The molecule has 96 valence electrons. The first-order valence-corrected chi connectivity index (χ1v) is 6.06. The van der Waals surface area contributed by atoms with Crippen LogP contribution in [0.1, 0.15) is 18.9 Å². The molecule has 0 heterocycles. The number of aromatic hydroxyl groups is 1. The fraction of sp³-hybridized carbons (Fsp3) is 0.188. The van der Waals surface area contributed by atoms with Crippen LogP contribution in [0.2, 0.25) is 0 Å². The molecule has 19 heavy (non-hydrogen) atoms. The minimum absolute atomic E-state index is 0.0987. The summed E-state index contributed by atoms with van der Waals surface area (Å²) in [5, 5.41) is 11.3. The number of phenolic OH excluding ortho intramolecular Hbond substituents is 1. The van der Waals surface area contributed by atoms with Crippen LogP contribution in [0.5, 0.6) is 5.75 Å². The summed E-state index contributed by atoms with van der Waals surface area (Å²) in [4.78, 5) is 11.1. The second-order valence-corrected chi connectivity index (χ2v) is 4.03. The summed E-state index contributed by atoms with van der Waals surface area (Å²) in [5.74, 6) is 5.66. The second-order valence-electron chi connectivity index (χ2n) is 4.03. The molecule has 2 aromatic rings. The SMILES string of the molecule is CCOC(=O)CC#Cc1ccc2cc(O)ccc2c1. The topological polar surface area (TPSA) is 46.5 Å². The Kier molecular flexibility index (Phi) is 4.04. The summed E-state index contributed by atoms with van der Waals surface area (Å²) in [7, 11) is 0. The lowest BCUT2D eigenvalue weighted by Gasteiger charge is -1.99. The predicted molar refractivity (Wildman–Crippen MR) is 73.7 cm³/mol. The maximum Gasteiger partial charge on any atom is 0.317 e. The molecule has 0 bridgehead atoms. The minimum atomic E-state index is -0.305. The lowest BCUT2D eigenvalue weighted by atomic mass is 10.1. The highest BCUT2D eigenvalue weighted by Gasteiger charge is 1.98. The molecule has 0 spiro atoms. The number of benzene rings is 2. The molecule has 2 aromatic carbocycles. The van der Waals surface area contributed by atoms with Gasteiger partial charge in [-0.15, -0.1) is 0 Å². The molecule has 0 saturated carbocycles. The number of phenols is 1. The van der Waals surface area contributed by atoms with Gasteiger partial charge in [0.05, 0.1) is 6.61 Å². The number of hydrogen-bond acceptors (Lipinski definition) is 3. The van der Waals surface area contributed by atoms with Crippen molar-refractivity contribution >= 4 is 16.7 Å². The Morgan fingerprint density at radius 3 is 2.74 bits per heavy atom. The highest BCUT2D eigenvalue weighted by atomic mass is 16.5. The molecule has 2 rings (SSSR count). The van der Waals surface area contributed by atoms with E-state index in [0.29, 0.717) is 6.61 Å². The van der Waals surface area contributed by atoms with Crippen LogP contribution in [0.25, 0.3) is 10.8 Å². The van der Waals surface area contributed by atoms with E-state index >= 15 is 0 Å². The summed E-state index contributed by atoms with van der Waals surface area (Å²) in [6.07, 6.45) is 0.0987. The van der Waals surface area contributed by atoms with Crippen molar-refractivity contribution < 1.29 is 14.6 Å². The molecule has 3 heteroatoms. The molecule has 0 aliphatic carbocycles. The maximum absolute atomic E-state index is 11.1. The van der Waals surface area contributed by atoms with Crippen molar-refractivity contribution in [3.8, 4) is 17.6 Å². The third kappa shape index (κ3) is 3.49. The lowest BCUT2D eigenvalue weighted by molar-refractivity contribution is -0.141. The van der Waals surface area contributed by atoms with E-state index in [1.165, 1.54) is 0 Å². The van der Waals surface area contributed by atoms with Crippen molar-refractivity contribution in [3.63, 3.8) is 0 Å². The van der Waals surface area contributed by atoms with Gasteiger partial charge in [-0.05, 0) is 42.0 Å². The molecular weight excluding hydrogens is 240 g/mol. The quantitative estimate of drug-likeness (QED) is 0.662. The van der Waals surface area contributed by atoms with E-state index in [0.717, 1.165) is 16.3 Å². The van der Waals surface area contributed by atoms with Crippen molar-refractivity contribution in [2.45, 2.75) is 13.3 Å². The summed E-state index contributed by atoms with van der Waals surface area (Å²) < 4.78 is 4.79. The van der Waals surface area contributed by atoms with E-state index in [-0.39, 0.29) is 18.1 Å². The molecule has 0 aromatic heterocycles. The second kappa shape index (κ2) is 5.92. The molecule has 0 aliphatic rings. The van der Waals surface area contributed by atoms with Gasteiger partial charge in [0.25, 0.3) is 0 Å². The van der Waals surface area contributed by atoms with Gasteiger partial charge < -0.3 is 9.84 Å². The van der Waals surface area contributed by atoms with E-state index in [4.69, 9.17) is 4.74 Å². The van der Waals surface area contributed by atoms with Gasteiger partial charge in [-0.1, -0.05) is 24.0 Å². The van der Waals surface area contributed by atoms with Crippen LogP contribution in [0, 0.1) is 11.8 Å². The van der Waals surface area contributed by atoms with Crippen LogP contribution in [-0.2, 0) is 9.53 Å². The van der Waals surface area contributed by atoms with Gasteiger partial charge in [-0.3, -0.25) is 4.79 Å². The molecular formula is C16H14O3. The van der Waals surface area contributed by atoms with E-state index in [2.05, 4.69) is 11.8 Å². The zero-order valence-corrected chi connectivity index (χ0v) is 10.6. The summed E-state index contributed by atoms with van der Waals surface area (Å²) in [6.45, 7) is 2.14. The van der Waals surface area contributed by atoms with Gasteiger partial charge in [0.15, 0.2) is 0 Å². The number of hydrogen-bond donors (Lipinski definition) is 1. The van der Waals surface area contributed by atoms with Crippen LogP contribution < -0.4 is 0 Å². The van der Waals surface area contributed by atoms with Crippen LogP contribution in [0.4, 0.5) is 0 Å². The van der Waals surface area contributed by atoms with Gasteiger partial charge in [0, 0.05) is 5.56 Å². The van der Waals surface area contributed by atoms with Gasteiger partial charge >= 0.3 is 5.97 Å². The Bertz CT molecular complexity index is 662. The minimum Gasteiger partial charge on any atom is -0.508 e. The summed E-state index contributed by atoms with van der Waals surface area (Å²) in [5.41, 5.74) is 0.836. The number of esters is 1. The molecule has 0 fully saturated rings. The van der Waals surface area contributed by atoms with Crippen molar-refractivity contribution in [1.82, 2.24) is 0 Å². The van der Waals surface area contributed by atoms with Crippen molar-refractivity contribution in [3.05, 3.63) is 42.0 Å². The predicted octanol–water partition coefficient (Wildman–Crippen LogP) is 2.85. The third-order valence-electron chi connectivity index (χ3n) is 2.59. The highest BCUT2D eigenvalue weighted by molar-refractivity contribution is 5.85. The van der Waals surface area contributed by atoms with E-state index in [1.54, 1.807) is 19.1 Å². The van der Waals surface area contributed by atoms with Gasteiger partial charge in [0.2, 0.25) is 0 Å². The van der Waals surface area contributed by atoms with Crippen LogP contribution in [0.15, 0.2) is 36.4 Å². The molecule has 0 radical (unpaired) electrons. The Morgan fingerprint density at radius 2 is 1.95 bits per heavy atom. The van der Waals surface area contributed by atoms with Gasteiger partial charge in [-0.25, -0.2) is 0 Å². The number of ether oxygens (including phenoxy) is 1. The maximum atomic E-state index is 11.1. The largest absolute Gasteiger partial charge is 0.508 e. The van der Waals surface area contributed by atoms with E-state index in [9.17, 15) is 9.90 Å². The Hall–Kier alpha value is -2.47. The number of fused-ring (bicyclic) bond motifs is 1. The standard InChI is InChI=1S/C16H14O3/c1-2-19-16(18)5-3-4-12-6-7-14-11-15(17)9-8-13(14)10-12/h6-11,17H,2,5H2,1H3. The molecule has 0 atom stereocenters. The monoisotopic (exact) mass is 254 g/mol. The molecule has 0 aliphatic heterocycles. The van der Waals surface area contributed by atoms with Crippen molar-refractivity contribution in [1.29, 1.82) is 0 Å².